The van der Waals surface area contributed by atoms with Gasteiger partial charge in [-0.1, -0.05) is 6.92 Å². The Hall–Kier alpha value is -0.870. The Kier molecular flexibility index (Phi) is 4.96. The summed E-state index contributed by atoms with van der Waals surface area (Å²) in [7, 11) is 0. The molecule has 1 rings (SSSR count). The van der Waals surface area contributed by atoms with Crippen molar-refractivity contribution in [3.63, 3.8) is 0 Å². The fourth-order valence-corrected chi connectivity index (χ4v) is 1.58. The van der Waals surface area contributed by atoms with Crippen LogP contribution in [0.15, 0.2) is 12.1 Å². The first-order valence-corrected chi connectivity index (χ1v) is 5.60. The second-order valence-corrected chi connectivity index (χ2v) is 3.99. The van der Waals surface area contributed by atoms with Crippen LogP contribution in [-0.4, -0.2) is 11.7 Å². The first-order chi connectivity index (χ1) is 7.58. The Morgan fingerprint density at radius 1 is 1.44 bits per heavy atom. The molecule has 0 bridgehead atoms. The van der Waals surface area contributed by atoms with Gasteiger partial charge in [-0.3, -0.25) is 4.79 Å². The van der Waals surface area contributed by atoms with Gasteiger partial charge in [-0.05, 0) is 30.5 Å². The molecule has 0 spiro atoms. The summed E-state index contributed by atoms with van der Waals surface area (Å²) in [5.74, 6) is 1.13. The third-order valence-electron chi connectivity index (χ3n) is 2.17. The van der Waals surface area contributed by atoms with Crippen molar-refractivity contribution in [2.45, 2.75) is 20.3 Å². The van der Waals surface area contributed by atoms with Crippen molar-refractivity contribution in [3.8, 4) is 11.5 Å². The van der Waals surface area contributed by atoms with Crippen LogP contribution in [0.4, 0.5) is 0 Å². The maximum atomic E-state index is 10.7. The largest absolute Gasteiger partial charge is 0.484 e. The fraction of sp³-hybridized carbons (Fsp3) is 0.364. The van der Waals surface area contributed by atoms with Crippen LogP contribution in [0.2, 0.25) is 0 Å². The minimum atomic E-state index is -0.327. The number of carbonyl (C=O) groups is 1. The molecule has 0 saturated heterocycles. The molecular weight excluding hydrogens is 248 g/mol. The molecule has 1 aromatic carbocycles. The molecule has 0 aliphatic carbocycles. The maximum absolute atomic E-state index is 10.7. The second-order valence-electron chi connectivity index (χ2n) is 3.34. The van der Waals surface area contributed by atoms with E-state index in [1.54, 1.807) is 6.07 Å². The summed E-state index contributed by atoms with van der Waals surface area (Å²) in [4.78, 5) is 10.7. The highest BCUT2D eigenvalue weighted by molar-refractivity contribution is 7.96. The Labute approximate surface area is 105 Å². The minimum Gasteiger partial charge on any atom is -0.484 e. The first-order valence-electron chi connectivity index (χ1n) is 4.85. The second kappa shape index (κ2) is 6.01. The van der Waals surface area contributed by atoms with E-state index < -0.39 is 0 Å². The van der Waals surface area contributed by atoms with Crippen molar-refractivity contribution >= 4 is 29.6 Å². The third-order valence-corrected chi connectivity index (χ3v) is 2.47. The van der Waals surface area contributed by atoms with Crippen LogP contribution >= 0.6 is 24.5 Å². The van der Waals surface area contributed by atoms with E-state index in [0.717, 1.165) is 17.5 Å². The van der Waals surface area contributed by atoms with E-state index in [2.05, 4.69) is 12.6 Å². The molecule has 5 heteroatoms. The molecule has 0 heterocycles. The number of benzene rings is 1. The highest BCUT2D eigenvalue weighted by atomic mass is 35.5. The van der Waals surface area contributed by atoms with E-state index in [0.29, 0.717) is 11.5 Å². The highest BCUT2D eigenvalue weighted by Gasteiger charge is 2.09. The summed E-state index contributed by atoms with van der Waals surface area (Å²) in [5.41, 5.74) is 1.93. The van der Waals surface area contributed by atoms with E-state index in [9.17, 15) is 4.79 Å². The number of aryl methyl sites for hydroxylation is 2. The number of thiol groups is 1. The minimum absolute atomic E-state index is 0.0723. The van der Waals surface area contributed by atoms with Gasteiger partial charge in [-0.25, -0.2) is 0 Å². The molecule has 0 unspecified atom stereocenters. The zero-order valence-electron chi connectivity index (χ0n) is 9.12. The summed E-state index contributed by atoms with van der Waals surface area (Å²) >= 11 is 8.99. The lowest BCUT2D eigenvalue weighted by molar-refractivity contribution is -0.112. The van der Waals surface area contributed by atoms with E-state index in [4.69, 9.17) is 20.9 Å². The molecule has 0 N–H and O–H groups in total. The summed E-state index contributed by atoms with van der Waals surface area (Å²) in [6.07, 6.45) is 0.814. The van der Waals surface area contributed by atoms with Crippen molar-refractivity contribution in [2.75, 3.05) is 6.61 Å². The van der Waals surface area contributed by atoms with Crippen LogP contribution in [0, 0.1) is 6.92 Å². The number of hydrogen-bond donors (Lipinski definition) is 1. The van der Waals surface area contributed by atoms with Crippen molar-refractivity contribution in [3.05, 3.63) is 23.3 Å². The fourth-order valence-electron chi connectivity index (χ4n) is 1.37. The quantitative estimate of drug-likeness (QED) is 0.827. The number of hydrogen-bond acceptors (Lipinski definition) is 3. The highest BCUT2D eigenvalue weighted by Crippen LogP contribution is 2.30. The number of carbonyl (C=O) groups excluding carboxylic acids is 1. The van der Waals surface area contributed by atoms with Crippen molar-refractivity contribution in [1.82, 2.24) is 0 Å². The SMILES string of the molecule is CCc1cc(C)c(OCC(=O)S)cc1OCl. The molecule has 0 radical (unpaired) electrons. The van der Waals surface area contributed by atoms with Crippen LogP contribution in [0.1, 0.15) is 18.1 Å². The van der Waals surface area contributed by atoms with Gasteiger partial charge in [-0.15, -0.1) is 12.6 Å². The molecule has 0 aromatic heterocycles. The van der Waals surface area contributed by atoms with E-state index >= 15 is 0 Å². The molecule has 0 atom stereocenters. The topological polar surface area (TPSA) is 35.5 Å². The van der Waals surface area contributed by atoms with Crippen LogP contribution in [-0.2, 0) is 11.2 Å². The summed E-state index contributed by atoms with van der Waals surface area (Å²) in [6.45, 7) is 3.83. The molecular formula is C11H13ClO3S. The third kappa shape index (κ3) is 3.32. The lowest BCUT2D eigenvalue weighted by Crippen LogP contribution is -2.06. The van der Waals surface area contributed by atoms with Gasteiger partial charge in [0.2, 0.25) is 5.12 Å². The van der Waals surface area contributed by atoms with Crippen molar-refractivity contribution in [2.24, 2.45) is 0 Å². The molecule has 16 heavy (non-hydrogen) atoms. The molecule has 0 aliphatic heterocycles. The van der Waals surface area contributed by atoms with Gasteiger partial charge < -0.3 is 9.03 Å². The van der Waals surface area contributed by atoms with Gasteiger partial charge in [0.15, 0.2) is 12.4 Å². The summed E-state index contributed by atoms with van der Waals surface area (Å²) in [6, 6.07) is 3.61. The van der Waals surface area contributed by atoms with Gasteiger partial charge in [0, 0.05) is 6.07 Å². The number of halogens is 1. The molecule has 1 aromatic rings. The molecule has 0 fully saturated rings. The van der Waals surface area contributed by atoms with Gasteiger partial charge in [0.1, 0.15) is 17.6 Å². The zero-order chi connectivity index (χ0) is 12.1. The van der Waals surface area contributed by atoms with Crippen molar-refractivity contribution in [1.29, 1.82) is 0 Å². The molecule has 0 aliphatic rings. The zero-order valence-corrected chi connectivity index (χ0v) is 10.8. The molecule has 88 valence electrons. The Bertz CT molecular complexity index is 393. The Balaban J connectivity index is 2.96. The average molecular weight is 261 g/mol. The number of ether oxygens (including phenoxy) is 1. The van der Waals surface area contributed by atoms with Crippen molar-refractivity contribution < 1.29 is 13.8 Å². The maximum Gasteiger partial charge on any atom is 0.223 e. The van der Waals surface area contributed by atoms with Crippen LogP contribution in [0.5, 0.6) is 11.5 Å². The monoisotopic (exact) mass is 260 g/mol. The molecule has 0 saturated carbocycles. The summed E-state index contributed by atoms with van der Waals surface area (Å²) < 4.78 is 10.0. The average Bonchev–Trinajstić information content (AvgIpc) is 2.26. The van der Waals surface area contributed by atoms with Gasteiger partial charge in [0.05, 0.1) is 0 Å². The van der Waals surface area contributed by atoms with Gasteiger partial charge in [-0.2, -0.15) is 0 Å². The van der Waals surface area contributed by atoms with Gasteiger partial charge in [0.25, 0.3) is 0 Å². The number of rotatable bonds is 5. The first kappa shape index (κ1) is 13.2. The normalized spacial score (nSPS) is 10.0. The van der Waals surface area contributed by atoms with Crippen LogP contribution < -0.4 is 9.03 Å². The predicted octanol–water partition coefficient (Wildman–Crippen LogP) is 2.93. The van der Waals surface area contributed by atoms with E-state index in [1.807, 2.05) is 19.9 Å². The lowest BCUT2D eigenvalue weighted by Gasteiger charge is -2.11. The standard InChI is InChI=1S/C11H13ClO3S/c1-3-8-4-7(2)9(5-10(8)15-12)14-6-11(13)16/h4-5H,3,6H2,1-2H3,(H,13,16). The molecule has 0 amide bonds. The lowest BCUT2D eigenvalue weighted by atomic mass is 10.1. The Morgan fingerprint density at radius 2 is 2.12 bits per heavy atom. The molecule has 3 nitrogen and oxygen atoms in total. The smallest absolute Gasteiger partial charge is 0.223 e. The Morgan fingerprint density at radius 3 is 2.62 bits per heavy atom. The van der Waals surface area contributed by atoms with E-state index in [1.165, 1.54) is 0 Å². The van der Waals surface area contributed by atoms with Crippen LogP contribution in [0.3, 0.4) is 0 Å². The summed E-state index contributed by atoms with van der Waals surface area (Å²) in [5, 5.41) is -0.327. The van der Waals surface area contributed by atoms with Gasteiger partial charge >= 0.3 is 0 Å². The predicted molar refractivity (Wildman–Crippen MR) is 66.5 cm³/mol. The van der Waals surface area contributed by atoms with E-state index in [-0.39, 0.29) is 11.7 Å². The van der Waals surface area contributed by atoms with Crippen LogP contribution in [0.25, 0.3) is 0 Å².